The minimum Gasteiger partial charge on any atom is -0.507 e. The fourth-order valence-electron chi connectivity index (χ4n) is 6.51. The molecule has 34 heavy (non-hydrogen) atoms. The number of methoxy groups -OCH3 is 1. The number of halogens is 1. The number of rotatable bonds is 3. The second-order valence-electron chi connectivity index (χ2n) is 10.3. The molecule has 0 saturated heterocycles. The number of H-pyrrole nitrogens is 1. The minimum atomic E-state index is -0.472. The van der Waals surface area contributed by atoms with Gasteiger partial charge in [0.1, 0.15) is 11.3 Å². The number of benzene rings is 2. The van der Waals surface area contributed by atoms with E-state index in [1.165, 1.54) is 18.2 Å². The Kier molecular flexibility index (Phi) is 5.58. The summed E-state index contributed by atoms with van der Waals surface area (Å²) in [5.74, 6) is 0.821. The molecule has 2 aromatic carbocycles. The first-order valence-electron chi connectivity index (χ1n) is 11.8. The van der Waals surface area contributed by atoms with Crippen molar-refractivity contribution in [2.24, 2.45) is 16.3 Å². The van der Waals surface area contributed by atoms with Crippen LogP contribution in [0.1, 0.15) is 61.8 Å². The maximum atomic E-state index is 12.8. The predicted octanol–water partition coefficient (Wildman–Crippen LogP) is 6.27. The van der Waals surface area contributed by atoms with Gasteiger partial charge in [-0.2, -0.15) is 0 Å². The number of phenolic OH excluding ortho intramolecular Hbond substituents is 1. The van der Waals surface area contributed by atoms with E-state index in [-0.39, 0.29) is 23.1 Å². The Morgan fingerprint density at radius 3 is 2.88 bits per heavy atom. The summed E-state index contributed by atoms with van der Waals surface area (Å²) in [6, 6.07) is 7.63. The number of fused-ring (bicyclic) bond motifs is 5. The molecule has 2 N–H and O–H groups in total. The van der Waals surface area contributed by atoms with Gasteiger partial charge in [0, 0.05) is 16.3 Å². The number of nitrogens with zero attached hydrogens (tertiary/aromatic N) is 2. The third-order valence-electron chi connectivity index (χ3n) is 8.20. The van der Waals surface area contributed by atoms with Gasteiger partial charge in [-0.15, -0.1) is 0 Å². The lowest BCUT2D eigenvalue weighted by Gasteiger charge is -2.54. The second-order valence-corrected chi connectivity index (χ2v) is 11.1. The van der Waals surface area contributed by atoms with Gasteiger partial charge < -0.3 is 14.8 Å². The smallest absolute Gasteiger partial charge is 0.311 e. The van der Waals surface area contributed by atoms with E-state index >= 15 is 0 Å². The van der Waals surface area contributed by atoms with Crippen molar-refractivity contribution in [2.45, 2.75) is 58.3 Å². The number of aromatic nitrogens is 2. The number of hydrogen-bond donors (Lipinski definition) is 2. The number of hydrogen-bond acceptors (Lipinski definition) is 5. The summed E-state index contributed by atoms with van der Waals surface area (Å²) in [5, 5.41) is 10.1. The summed E-state index contributed by atoms with van der Waals surface area (Å²) in [7, 11) is 1.50. The largest absolute Gasteiger partial charge is 0.507 e. The van der Waals surface area contributed by atoms with E-state index < -0.39 is 5.41 Å². The standard InChI is InChI=1S/C27H30BrN3O3/c1-15-6-8-20(32)16(12-15)14-29-25-30-22-17-7-9-21-26(2,18(17)13-19(28)23(22)31-25)10-5-11-27(21,3)24(33)34-4/h6,8,12-14,21,32H,5,7,9-11H2,1-4H3,(H,30,31)/b29-14+/t21-,26-,27-/m1/s1. The number of aryl methyl sites for hydroxylation is 2. The molecule has 3 aromatic rings. The van der Waals surface area contributed by atoms with E-state index in [2.05, 4.69) is 45.8 Å². The fraction of sp³-hybridized carbons (Fsp3) is 0.444. The second kappa shape index (κ2) is 8.22. The number of aromatic hydroxyl groups is 1. The van der Waals surface area contributed by atoms with Crippen molar-refractivity contribution in [3.05, 3.63) is 51.0 Å². The Balaban J connectivity index is 1.58. The average Bonchev–Trinajstić information content (AvgIpc) is 3.25. The lowest BCUT2D eigenvalue weighted by atomic mass is 9.50. The molecule has 3 atom stereocenters. The Morgan fingerprint density at radius 1 is 1.32 bits per heavy atom. The quantitative estimate of drug-likeness (QED) is 0.312. The molecule has 2 aliphatic carbocycles. The number of aromatic amines is 1. The average molecular weight is 524 g/mol. The highest BCUT2D eigenvalue weighted by Crippen LogP contribution is 2.58. The molecule has 5 rings (SSSR count). The predicted molar refractivity (Wildman–Crippen MR) is 137 cm³/mol. The van der Waals surface area contributed by atoms with Crippen molar-refractivity contribution in [1.82, 2.24) is 9.97 Å². The van der Waals surface area contributed by atoms with Gasteiger partial charge >= 0.3 is 5.97 Å². The van der Waals surface area contributed by atoms with Gasteiger partial charge in [0.2, 0.25) is 5.95 Å². The van der Waals surface area contributed by atoms with Crippen LogP contribution in [-0.4, -0.2) is 34.4 Å². The first-order chi connectivity index (χ1) is 16.2. The molecular formula is C27H30BrN3O3. The highest BCUT2D eigenvalue weighted by atomic mass is 79.9. The first-order valence-corrected chi connectivity index (χ1v) is 12.6. The van der Waals surface area contributed by atoms with Crippen LogP contribution in [0.3, 0.4) is 0 Å². The molecule has 0 bridgehead atoms. The van der Waals surface area contributed by atoms with Crippen molar-refractivity contribution in [3.8, 4) is 5.75 Å². The van der Waals surface area contributed by atoms with E-state index in [4.69, 9.17) is 9.72 Å². The van der Waals surface area contributed by atoms with Gasteiger partial charge in [0.25, 0.3) is 0 Å². The number of imidazole rings is 1. The molecule has 178 valence electrons. The van der Waals surface area contributed by atoms with E-state index in [1.54, 1.807) is 12.3 Å². The van der Waals surface area contributed by atoms with Crippen LogP contribution < -0.4 is 0 Å². The van der Waals surface area contributed by atoms with Crippen LogP contribution in [0.4, 0.5) is 5.95 Å². The zero-order valence-electron chi connectivity index (χ0n) is 20.0. The van der Waals surface area contributed by atoms with Gasteiger partial charge in [-0.1, -0.05) is 25.0 Å². The Morgan fingerprint density at radius 2 is 2.12 bits per heavy atom. The van der Waals surface area contributed by atoms with E-state index in [0.717, 1.165) is 53.2 Å². The van der Waals surface area contributed by atoms with Crippen molar-refractivity contribution >= 4 is 45.1 Å². The van der Waals surface area contributed by atoms with Gasteiger partial charge in [0.15, 0.2) is 0 Å². The van der Waals surface area contributed by atoms with Crippen molar-refractivity contribution in [3.63, 3.8) is 0 Å². The summed E-state index contributed by atoms with van der Waals surface area (Å²) in [4.78, 5) is 25.5. The molecule has 0 unspecified atom stereocenters. The van der Waals surface area contributed by atoms with Gasteiger partial charge in [-0.3, -0.25) is 4.79 Å². The zero-order chi connectivity index (χ0) is 24.3. The monoisotopic (exact) mass is 523 g/mol. The van der Waals surface area contributed by atoms with Crippen LogP contribution >= 0.6 is 15.9 Å². The minimum absolute atomic E-state index is 0.0930. The number of ether oxygens (including phenoxy) is 1. The SMILES string of the molecule is COC(=O)[C@]1(C)CCC[C@]2(C)c3cc(Br)c4nc(/N=C/c5cc(C)ccc5O)[nH]c4c3CC[C@@H]12. The van der Waals surface area contributed by atoms with Crippen LogP contribution in [-0.2, 0) is 21.4 Å². The van der Waals surface area contributed by atoms with Gasteiger partial charge in [-0.25, -0.2) is 9.98 Å². The van der Waals surface area contributed by atoms with Crippen LogP contribution in [0.5, 0.6) is 5.75 Å². The van der Waals surface area contributed by atoms with E-state index in [9.17, 15) is 9.90 Å². The molecule has 0 spiro atoms. The van der Waals surface area contributed by atoms with E-state index in [0.29, 0.717) is 11.5 Å². The van der Waals surface area contributed by atoms with Gasteiger partial charge in [-0.05, 0) is 96.1 Å². The molecule has 1 fully saturated rings. The topological polar surface area (TPSA) is 87.6 Å². The first kappa shape index (κ1) is 23.1. The van der Waals surface area contributed by atoms with Gasteiger partial charge in [0.05, 0.1) is 18.0 Å². The molecule has 2 aliphatic rings. The number of aliphatic imine (C=N–C) groups is 1. The van der Waals surface area contributed by atoms with Crippen LogP contribution in [0.2, 0.25) is 0 Å². The van der Waals surface area contributed by atoms with Crippen LogP contribution in [0.25, 0.3) is 11.0 Å². The lowest BCUT2D eigenvalue weighted by Crippen LogP contribution is -2.52. The fourth-order valence-corrected chi connectivity index (χ4v) is 7.02. The molecule has 0 aliphatic heterocycles. The molecule has 6 nitrogen and oxygen atoms in total. The number of carbonyl (C=O) groups is 1. The van der Waals surface area contributed by atoms with Crippen LogP contribution in [0, 0.1) is 18.3 Å². The molecule has 0 radical (unpaired) electrons. The zero-order valence-corrected chi connectivity index (χ0v) is 21.6. The van der Waals surface area contributed by atoms with Crippen LogP contribution in [0.15, 0.2) is 33.7 Å². The summed E-state index contributed by atoms with van der Waals surface area (Å²) >= 11 is 3.75. The highest BCUT2D eigenvalue weighted by molar-refractivity contribution is 9.10. The highest BCUT2D eigenvalue weighted by Gasteiger charge is 2.56. The van der Waals surface area contributed by atoms with Crippen molar-refractivity contribution in [1.29, 1.82) is 0 Å². The lowest BCUT2D eigenvalue weighted by molar-refractivity contribution is -0.161. The van der Waals surface area contributed by atoms with Crippen molar-refractivity contribution < 1.29 is 14.6 Å². The number of phenols is 1. The summed E-state index contributed by atoms with van der Waals surface area (Å²) in [5.41, 5.74) is 5.51. The molecule has 1 heterocycles. The Labute approximate surface area is 208 Å². The molecule has 1 saturated carbocycles. The normalized spacial score (nSPS) is 26.4. The Bertz CT molecular complexity index is 1330. The molecular weight excluding hydrogens is 494 g/mol. The summed E-state index contributed by atoms with van der Waals surface area (Å²) in [6.07, 6.45) is 6.35. The maximum absolute atomic E-state index is 12.8. The molecule has 1 aromatic heterocycles. The third-order valence-corrected chi connectivity index (χ3v) is 8.81. The maximum Gasteiger partial charge on any atom is 0.311 e. The van der Waals surface area contributed by atoms with Crippen molar-refractivity contribution in [2.75, 3.05) is 7.11 Å². The summed E-state index contributed by atoms with van der Waals surface area (Å²) in [6.45, 7) is 6.37. The molecule has 7 heteroatoms. The Hall–Kier alpha value is -2.67. The number of esters is 1. The number of nitrogens with one attached hydrogen (secondary N) is 1. The molecule has 0 amide bonds. The third kappa shape index (κ3) is 3.47. The summed E-state index contributed by atoms with van der Waals surface area (Å²) < 4.78 is 6.17. The number of carbonyl (C=O) groups excluding carboxylic acids is 1. The van der Waals surface area contributed by atoms with E-state index in [1.807, 2.05) is 19.1 Å².